The molecule has 0 spiro atoms. The van der Waals surface area contributed by atoms with E-state index in [1.165, 1.54) is 5.56 Å². The normalized spacial score (nSPS) is 19.4. The van der Waals surface area contributed by atoms with Gasteiger partial charge in [-0.3, -0.25) is 4.90 Å². The molecule has 9 heteroatoms. The molecule has 2 aliphatic rings. The Morgan fingerprint density at radius 3 is 2.40 bits per heavy atom. The Labute approximate surface area is 186 Å². The molecular formula is C21H24Cl2N6O. The van der Waals surface area contributed by atoms with Crippen molar-refractivity contribution in [2.75, 3.05) is 36.5 Å². The first-order valence-electron chi connectivity index (χ1n) is 9.89. The van der Waals surface area contributed by atoms with Crippen LogP contribution >= 0.6 is 23.2 Å². The minimum atomic E-state index is -0.512. The van der Waals surface area contributed by atoms with E-state index < -0.39 is 6.29 Å². The van der Waals surface area contributed by atoms with E-state index in [4.69, 9.17) is 33.7 Å². The molecule has 158 valence electrons. The van der Waals surface area contributed by atoms with Crippen molar-refractivity contribution in [2.24, 2.45) is 15.7 Å². The second-order valence-corrected chi connectivity index (χ2v) is 7.94. The lowest BCUT2D eigenvalue weighted by Gasteiger charge is -2.41. The molecular weight excluding hydrogens is 423 g/mol. The summed E-state index contributed by atoms with van der Waals surface area (Å²) < 4.78 is 5.52. The molecule has 2 aromatic carbocycles. The fourth-order valence-electron chi connectivity index (χ4n) is 3.50. The highest BCUT2D eigenvalue weighted by Gasteiger charge is 2.32. The summed E-state index contributed by atoms with van der Waals surface area (Å²) in [5.74, 6) is 0.948. The minimum absolute atomic E-state index is 0.212. The van der Waals surface area contributed by atoms with Crippen LogP contribution in [0.2, 0.25) is 10.0 Å². The summed E-state index contributed by atoms with van der Waals surface area (Å²) in [7, 11) is 0. The Bertz CT molecular complexity index is 936. The first-order valence-corrected chi connectivity index (χ1v) is 10.6. The second-order valence-electron chi connectivity index (χ2n) is 7.06. The van der Waals surface area contributed by atoms with Crippen molar-refractivity contribution in [3.63, 3.8) is 0 Å². The van der Waals surface area contributed by atoms with Gasteiger partial charge in [-0.15, -0.1) is 0 Å². The molecule has 2 aliphatic heterocycles. The maximum absolute atomic E-state index is 6.19. The first-order chi connectivity index (χ1) is 14.5. The van der Waals surface area contributed by atoms with Crippen LogP contribution in [0.1, 0.15) is 12.5 Å². The Morgan fingerprint density at radius 1 is 1.10 bits per heavy atom. The fraction of sp³-hybridized carbons (Fsp3) is 0.333. The molecule has 1 fully saturated rings. The number of nitrogens with two attached hydrogens (primary N) is 1. The number of halogens is 2. The van der Waals surface area contributed by atoms with E-state index in [1.54, 1.807) is 18.2 Å². The summed E-state index contributed by atoms with van der Waals surface area (Å²) >= 11 is 12.4. The number of anilines is 2. The van der Waals surface area contributed by atoms with Crippen LogP contribution in [0, 0.1) is 0 Å². The Hall–Kier alpha value is -2.48. The lowest BCUT2D eigenvalue weighted by Crippen LogP contribution is -2.57. The zero-order valence-corrected chi connectivity index (χ0v) is 18.2. The zero-order valence-electron chi connectivity index (χ0n) is 16.7. The van der Waals surface area contributed by atoms with Crippen molar-refractivity contribution in [3.8, 4) is 0 Å². The number of aryl methyl sites for hydroxylation is 1. The molecule has 30 heavy (non-hydrogen) atoms. The minimum Gasteiger partial charge on any atom is -0.378 e. The number of aliphatic imine (C=N–C) groups is 2. The first kappa shape index (κ1) is 20.8. The molecule has 4 rings (SSSR count). The van der Waals surface area contributed by atoms with Crippen LogP contribution in [0.15, 0.2) is 52.4 Å². The van der Waals surface area contributed by atoms with Gasteiger partial charge in [-0.25, -0.2) is 4.99 Å². The Morgan fingerprint density at radius 2 is 1.77 bits per heavy atom. The Kier molecular flexibility index (Phi) is 6.32. The van der Waals surface area contributed by atoms with Crippen LogP contribution in [-0.4, -0.2) is 49.4 Å². The molecule has 0 bridgehead atoms. The predicted octanol–water partition coefficient (Wildman–Crippen LogP) is 3.77. The molecule has 0 saturated carbocycles. The fourth-order valence-corrected chi connectivity index (χ4v) is 4.02. The molecule has 1 unspecified atom stereocenters. The van der Waals surface area contributed by atoms with E-state index in [0.29, 0.717) is 23.3 Å². The zero-order chi connectivity index (χ0) is 21.1. The molecule has 2 aromatic rings. The van der Waals surface area contributed by atoms with E-state index in [1.807, 2.05) is 4.90 Å². The van der Waals surface area contributed by atoms with Crippen LogP contribution < -0.4 is 16.0 Å². The summed E-state index contributed by atoms with van der Waals surface area (Å²) in [5.41, 5.74) is 9.07. The largest absolute Gasteiger partial charge is 0.378 e. The van der Waals surface area contributed by atoms with Gasteiger partial charge >= 0.3 is 0 Å². The molecule has 1 atom stereocenters. The summed E-state index contributed by atoms with van der Waals surface area (Å²) in [6, 6.07) is 13.7. The maximum atomic E-state index is 6.19. The van der Waals surface area contributed by atoms with Crippen LogP contribution in [0.4, 0.5) is 11.4 Å². The predicted molar refractivity (Wildman–Crippen MR) is 124 cm³/mol. The van der Waals surface area contributed by atoms with E-state index >= 15 is 0 Å². The topological polar surface area (TPSA) is 78.5 Å². The lowest BCUT2D eigenvalue weighted by molar-refractivity contribution is 0.0671. The number of nitrogens with zero attached hydrogens (tertiary/aromatic N) is 4. The van der Waals surface area contributed by atoms with Crippen molar-refractivity contribution < 1.29 is 4.74 Å². The molecule has 2 heterocycles. The number of guanidine groups is 2. The Balaban J connectivity index is 1.72. The SMILES string of the molecule is CCc1ccc(N2C(N3CCOCC3)=NC(N)=NC2Nc2cc(Cl)cc(Cl)c2)cc1. The molecule has 1 saturated heterocycles. The van der Waals surface area contributed by atoms with Gasteiger partial charge in [-0.1, -0.05) is 42.3 Å². The summed E-state index contributed by atoms with van der Waals surface area (Å²) in [4.78, 5) is 13.3. The molecule has 7 nitrogen and oxygen atoms in total. The van der Waals surface area contributed by atoms with Gasteiger partial charge in [0.15, 0.2) is 0 Å². The monoisotopic (exact) mass is 446 g/mol. The second kappa shape index (κ2) is 9.12. The number of benzene rings is 2. The molecule has 3 N–H and O–H groups in total. The number of morpholine rings is 1. The highest BCUT2D eigenvalue weighted by molar-refractivity contribution is 6.35. The van der Waals surface area contributed by atoms with E-state index in [-0.39, 0.29) is 5.96 Å². The summed E-state index contributed by atoms with van der Waals surface area (Å²) in [6.45, 7) is 4.87. The molecule has 0 amide bonds. The van der Waals surface area contributed by atoms with E-state index in [9.17, 15) is 0 Å². The standard InChI is InChI=1S/C21H24Cl2N6O/c1-2-14-3-5-18(6-4-14)29-20(25-17-12-15(22)11-16(23)13-17)26-19(24)27-21(29)28-7-9-30-10-8-28/h3-6,11-13,20,25H,2,7-10H2,1H3,(H2,24,26). The van der Waals surface area contributed by atoms with E-state index in [0.717, 1.165) is 36.8 Å². The molecule has 0 aliphatic carbocycles. The smallest absolute Gasteiger partial charge is 0.222 e. The molecule has 0 radical (unpaired) electrons. The van der Waals surface area contributed by atoms with Gasteiger partial charge in [-0.05, 0) is 42.3 Å². The van der Waals surface area contributed by atoms with Crippen LogP contribution in [0.5, 0.6) is 0 Å². The third-order valence-corrected chi connectivity index (χ3v) is 5.44. The van der Waals surface area contributed by atoms with Crippen LogP contribution in [0.25, 0.3) is 0 Å². The van der Waals surface area contributed by atoms with Gasteiger partial charge in [0.05, 0.1) is 13.2 Å². The number of ether oxygens (including phenoxy) is 1. The number of nitrogens with one attached hydrogen (secondary N) is 1. The van der Waals surface area contributed by atoms with Gasteiger partial charge in [0.2, 0.25) is 18.2 Å². The van der Waals surface area contributed by atoms with Crippen molar-refractivity contribution >= 4 is 46.5 Å². The van der Waals surface area contributed by atoms with Crippen molar-refractivity contribution in [3.05, 3.63) is 58.1 Å². The van der Waals surface area contributed by atoms with Crippen molar-refractivity contribution in [1.29, 1.82) is 0 Å². The van der Waals surface area contributed by atoms with Crippen molar-refractivity contribution in [2.45, 2.75) is 19.6 Å². The third-order valence-electron chi connectivity index (χ3n) is 5.00. The van der Waals surface area contributed by atoms with E-state index in [2.05, 4.69) is 51.4 Å². The van der Waals surface area contributed by atoms with Gasteiger partial charge in [0.1, 0.15) is 0 Å². The lowest BCUT2D eigenvalue weighted by atomic mass is 10.1. The van der Waals surface area contributed by atoms with Gasteiger partial charge < -0.3 is 20.7 Å². The van der Waals surface area contributed by atoms with Gasteiger partial charge in [0, 0.05) is 34.5 Å². The van der Waals surface area contributed by atoms with Crippen LogP contribution in [-0.2, 0) is 11.2 Å². The third kappa shape index (κ3) is 4.64. The average Bonchev–Trinajstić information content (AvgIpc) is 2.73. The van der Waals surface area contributed by atoms with Crippen LogP contribution in [0.3, 0.4) is 0 Å². The van der Waals surface area contributed by atoms with Gasteiger partial charge in [-0.2, -0.15) is 4.99 Å². The van der Waals surface area contributed by atoms with Gasteiger partial charge in [0.25, 0.3) is 0 Å². The highest BCUT2D eigenvalue weighted by Crippen LogP contribution is 2.27. The highest BCUT2D eigenvalue weighted by atomic mass is 35.5. The molecule has 0 aromatic heterocycles. The van der Waals surface area contributed by atoms with Crippen molar-refractivity contribution in [1.82, 2.24) is 4.90 Å². The average molecular weight is 447 g/mol. The maximum Gasteiger partial charge on any atom is 0.222 e. The summed E-state index contributed by atoms with van der Waals surface area (Å²) in [6.07, 6.45) is 0.459. The quantitative estimate of drug-likeness (QED) is 0.746. The summed E-state index contributed by atoms with van der Waals surface area (Å²) in [5, 5.41) is 4.47. The number of hydrogen-bond acceptors (Lipinski definition) is 7. The number of hydrogen-bond donors (Lipinski definition) is 2. The number of rotatable bonds is 4.